The second kappa shape index (κ2) is 11.7. The van der Waals surface area contributed by atoms with E-state index >= 15 is 0 Å². The first-order valence-electron chi connectivity index (χ1n) is 8.79. The number of hydrogen-bond donors (Lipinski definition) is 3. The maximum atomic E-state index is 11.5. The Bertz CT molecular complexity index is 721. The second-order valence-corrected chi connectivity index (χ2v) is 8.60. The molecule has 1 aromatic rings. The number of aryl methyl sites for hydroxylation is 1. The van der Waals surface area contributed by atoms with Gasteiger partial charge in [0.1, 0.15) is 5.75 Å². The Hall–Kier alpha value is -1.07. The van der Waals surface area contributed by atoms with E-state index in [1.807, 2.05) is 52.8 Å². The van der Waals surface area contributed by atoms with Gasteiger partial charge in [0.05, 0.1) is 19.4 Å². The van der Waals surface area contributed by atoms with Gasteiger partial charge in [-0.3, -0.25) is 0 Å². The molecule has 3 N–H and O–H groups in total. The number of nitrogens with one attached hydrogen (secondary N) is 3. The molecule has 0 unspecified atom stereocenters. The molecule has 0 saturated heterocycles. The van der Waals surface area contributed by atoms with Gasteiger partial charge in [0, 0.05) is 24.2 Å². The van der Waals surface area contributed by atoms with Gasteiger partial charge in [0.15, 0.2) is 5.96 Å². The average molecular weight is 512 g/mol. The van der Waals surface area contributed by atoms with E-state index in [0.717, 1.165) is 23.1 Å². The number of halogens is 1. The summed E-state index contributed by atoms with van der Waals surface area (Å²) < 4.78 is 31.2. The first-order valence-corrected chi connectivity index (χ1v) is 10.7. The van der Waals surface area contributed by atoms with E-state index in [0.29, 0.717) is 32.2 Å². The molecule has 9 heteroatoms. The van der Waals surface area contributed by atoms with Crippen LogP contribution in [0, 0.1) is 6.92 Å². The molecular formula is C18H33IN4O3S. The van der Waals surface area contributed by atoms with E-state index in [1.54, 1.807) is 0 Å². The normalized spacial score (nSPS) is 12.3. The minimum atomic E-state index is -3.28. The lowest BCUT2D eigenvalue weighted by Gasteiger charge is -2.26. The summed E-state index contributed by atoms with van der Waals surface area (Å²) in [5.74, 6) is 1.46. The molecule has 0 atom stereocenters. The molecule has 0 aromatic heterocycles. The molecule has 1 aromatic carbocycles. The first kappa shape index (κ1) is 25.9. The van der Waals surface area contributed by atoms with Crippen LogP contribution in [0.3, 0.4) is 0 Å². The maximum absolute atomic E-state index is 11.5. The fourth-order valence-corrected chi connectivity index (χ4v) is 3.51. The summed E-state index contributed by atoms with van der Waals surface area (Å²) in [5, 5.41) is 6.36. The van der Waals surface area contributed by atoms with Crippen molar-refractivity contribution in [3.63, 3.8) is 0 Å². The molecule has 156 valence electrons. The lowest BCUT2D eigenvalue weighted by molar-refractivity contribution is 0.336. The summed E-state index contributed by atoms with van der Waals surface area (Å²) in [7, 11) is -3.28. The Morgan fingerprint density at radius 1 is 1.22 bits per heavy atom. The molecule has 0 aliphatic heterocycles. The van der Waals surface area contributed by atoms with Crippen molar-refractivity contribution < 1.29 is 13.2 Å². The van der Waals surface area contributed by atoms with Crippen LogP contribution in [0.1, 0.15) is 38.8 Å². The Kier molecular flexibility index (Phi) is 11.2. The van der Waals surface area contributed by atoms with Crippen molar-refractivity contribution in [3.8, 4) is 5.75 Å². The summed E-state index contributed by atoms with van der Waals surface area (Å²) in [6.07, 6.45) is 1.15. The van der Waals surface area contributed by atoms with E-state index in [2.05, 4.69) is 20.3 Å². The number of hydrogen-bond acceptors (Lipinski definition) is 4. The van der Waals surface area contributed by atoms with E-state index in [1.165, 1.54) is 0 Å². The Morgan fingerprint density at radius 3 is 2.44 bits per heavy atom. The van der Waals surface area contributed by atoms with Crippen LogP contribution in [0.2, 0.25) is 0 Å². The molecular weight excluding hydrogens is 479 g/mol. The third kappa shape index (κ3) is 10.7. The van der Waals surface area contributed by atoms with Crippen LogP contribution in [-0.4, -0.2) is 45.9 Å². The minimum absolute atomic E-state index is 0. The Morgan fingerprint density at radius 2 is 1.89 bits per heavy atom. The highest BCUT2D eigenvalue weighted by Gasteiger charge is 2.22. The molecule has 0 bridgehead atoms. The molecule has 0 fully saturated rings. The zero-order valence-corrected chi connectivity index (χ0v) is 20.2. The summed E-state index contributed by atoms with van der Waals surface area (Å²) in [5.41, 5.74) is 1.51. The number of benzene rings is 1. The van der Waals surface area contributed by atoms with Crippen LogP contribution < -0.4 is 20.1 Å². The summed E-state index contributed by atoms with van der Waals surface area (Å²) in [6, 6.07) is 6.06. The van der Waals surface area contributed by atoms with E-state index in [4.69, 9.17) is 4.74 Å². The van der Waals surface area contributed by atoms with Crippen molar-refractivity contribution in [3.05, 3.63) is 29.3 Å². The van der Waals surface area contributed by atoms with Gasteiger partial charge >= 0.3 is 0 Å². The summed E-state index contributed by atoms with van der Waals surface area (Å²) >= 11 is 0. The van der Waals surface area contributed by atoms with Crippen molar-refractivity contribution in [2.24, 2.45) is 4.99 Å². The third-order valence-electron chi connectivity index (χ3n) is 3.43. The molecule has 0 heterocycles. The van der Waals surface area contributed by atoms with Crippen molar-refractivity contribution in [1.82, 2.24) is 15.4 Å². The van der Waals surface area contributed by atoms with Crippen molar-refractivity contribution in [2.75, 3.05) is 26.0 Å². The van der Waals surface area contributed by atoms with Gasteiger partial charge in [-0.2, -0.15) is 0 Å². The van der Waals surface area contributed by atoms with Crippen LogP contribution in [0.4, 0.5) is 0 Å². The van der Waals surface area contributed by atoms with E-state index in [-0.39, 0.29) is 24.0 Å². The summed E-state index contributed by atoms with van der Waals surface area (Å²) in [4.78, 5) is 4.59. The SMILES string of the molecule is CCNC(=NCc1ccc(C)cc1OCC)NCC(C)(C)NS(C)(=O)=O.I. The van der Waals surface area contributed by atoms with Gasteiger partial charge in [0.2, 0.25) is 10.0 Å². The number of guanidine groups is 1. The lowest BCUT2D eigenvalue weighted by Crippen LogP contribution is -2.53. The van der Waals surface area contributed by atoms with Crippen LogP contribution in [-0.2, 0) is 16.6 Å². The van der Waals surface area contributed by atoms with Gasteiger partial charge in [-0.15, -0.1) is 24.0 Å². The number of aliphatic imine (C=N–C) groups is 1. The molecule has 0 aliphatic carbocycles. The monoisotopic (exact) mass is 512 g/mol. The number of sulfonamides is 1. The Labute approximate surface area is 180 Å². The van der Waals surface area contributed by atoms with Crippen molar-refractivity contribution >= 4 is 40.0 Å². The predicted octanol–water partition coefficient (Wildman–Crippen LogP) is 2.39. The molecule has 1 rings (SSSR count). The fourth-order valence-electron chi connectivity index (χ4n) is 2.43. The van der Waals surface area contributed by atoms with Gasteiger partial charge in [-0.1, -0.05) is 12.1 Å². The quantitative estimate of drug-likeness (QED) is 0.269. The number of nitrogens with zero attached hydrogens (tertiary/aromatic N) is 1. The van der Waals surface area contributed by atoms with Crippen LogP contribution >= 0.6 is 24.0 Å². The van der Waals surface area contributed by atoms with Gasteiger partial charge in [-0.25, -0.2) is 18.1 Å². The van der Waals surface area contributed by atoms with Crippen molar-refractivity contribution in [1.29, 1.82) is 0 Å². The van der Waals surface area contributed by atoms with Gasteiger partial charge in [0.25, 0.3) is 0 Å². The zero-order valence-electron chi connectivity index (χ0n) is 17.0. The highest BCUT2D eigenvalue weighted by atomic mass is 127. The second-order valence-electron chi connectivity index (χ2n) is 6.85. The molecule has 27 heavy (non-hydrogen) atoms. The minimum Gasteiger partial charge on any atom is -0.494 e. The standard InChI is InChI=1S/C18H32N4O3S.HI/c1-7-19-17(21-13-18(4,5)22-26(6,23)24)20-12-15-10-9-14(3)11-16(15)25-8-2;/h9-11,22H,7-8,12-13H2,1-6H3,(H2,19,20,21);1H. The molecule has 0 radical (unpaired) electrons. The molecule has 0 amide bonds. The van der Waals surface area contributed by atoms with Crippen LogP contribution in [0.25, 0.3) is 0 Å². The van der Waals surface area contributed by atoms with Gasteiger partial charge in [-0.05, 0) is 46.2 Å². The smallest absolute Gasteiger partial charge is 0.209 e. The topological polar surface area (TPSA) is 91.8 Å². The lowest BCUT2D eigenvalue weighted by atomic mass is 10.1. The molecule has 0 spiro atoms. The molecule has 7 nitrogen and oxygen atoms in total. The Balaban J connectivity index is 0.00000676. The number of ether oxygens (including phenoxy) is 1. The fraction of sp³-hybridized carbons (Fsp3) is 0.611. The highest BCUT2D eigenvalue weighted by molar-refractivity contribution is 14.0. The van der Waals surface area contributed by atoms with E-state index in [9.17, 15) is 8.42 Å². The number of rotatable bonds is 9. The zero-order chi connectivity index (χ0) is 19.8. The molecule has 0 aliphatic rings. The predicted molar refractivity (Wildman–Crippen MR) is 123 cm³/mol. The van der Waals surface area contributed by atoms with Gasteiger partial charge < -0.3 is 15.4 Å². The average Bonchev–Trinajstić information content (AvgIpc) is 2.49. The largest absolute Gasteiger partial charge is 0.494 e. The van der Waals surface area contributed by atoms with Crippen LogP contribution in [0.5, 0.6) is 5.75 Å². The van der Waals surface area contributed by atoms with Crippen LogP contribution in [0.15, 0.2) is 23.2 Å². The van der Waals surface area contributed by atoms with Crippen molar-refractivity contribution in [2.45, 2.75) is 46.7 Å². The van der Waals surface area contributed by atoms with E-state index < -0.39 is 15.6 Å². The summed E-state index contributed by atoms with van der Waals surface area (Å²) in [6.45, 7) is 11.8. The highest BCUT2D eigenvalue weighted by Crippen LogP contribution is 2.21. The third-order valence-corrected chi connectivity index (χ3v) is 4.36. The first-order chi connectivity index (χ1) is 12.1. The maximum Gasteiger partial charge on any atom is 0.209 e. The molecule has 0 saturated carbocycles.